The number of methoxy groups -OCH3 is 1. The van der Waals surface area contributed by atoms with Crippen LogP contribution in [0.3, 0.4) is 0 Å². The summed E-state index contributed by atoms with van der Waals surface area (Å²) in [7, 11) is 6.54. The van der Waals surface area contributed by atoms with Gasteiger partial charge in [-0.25, -0.2) is 14.0 Å². The Morgan fingerprint density at radius 1 is 0.916 bits per heavy atom. The Morgan fingerprint density at radius 3 is 2.18 bits per heavy atom. The van der Waals surface area contributed by atoms with Crippen molar-refractivity contribution in [3.05, 3.63) is 30.1 Å². The van der Waals surface area contributed by atoms with Crippen molar-refractivity contribution in [3.8, 4) is 0 Å². The molecule has 0 aromatic heterocycles. The van der Waals surface area contributed by atoms with Crippen LogP contribution in [0.4, 0.5) is 19.7 Å². The minimum absolute atomic E-state index is 0.0142. The number of esters is 2. The highest BCUT2D eigenvalue weighted by Gasteiger charge is 2.54. The summed E-state index contributed by atoms with van der Waals surface area (Å²) in [6, 6.07) is 2.35. The van der Waals surface area contributed by atoms with E-state index in [0.29, 0.717) is 6.54 Å². The average molecular weight is 1190 g/mol. The maximum Gasteiger partial charge on any atom is 0.414 e. The molecule has 1 aromatic rings. The molecular formula is C58H96FN5O19. The number of nitrogens with one attached hydrogen (secondary N) is 2. The first-order valence-electron chi connectivity index (χ1n) is 28.9. The summed E-state index contributed by atoms with van der Waals surface area (Å²) in [5.74, 6) is -5.40. The van der Waals surface area contributed by atoms with Crippen LogP contribution in [0.2, 0.25) is 0 Å². The van der Waals surface area contributed by atoms with Crippen LogP contribution in [0.25, 0.3) is 0 Å². The zero-order valence-corrected chi connectivity index (χ0v) is 51.5. The zero-order valence-electron chi connectivity index (χ0n) is 51.5. The molecule has 4 heterocycles. The third-order valence-corrected chi connectivity index (χ3v) is 16.7. The van der Waals surface area contributed by atoms with E-state index in [1.54, 1.807) is 102 Å². The van der Waals surface area contributed by atoms with Gasteiger partial charge in [0.05, 0.1) is 66.4 Å². The summed E-state index contributed by atoms with van der Waals surface area (Å²) >= 11 is 0. The van der Waals surface area contributed by atoms with Crippen LogP contribution in [0, 0.1) is 23.6 Å². The number of aliphatic hydroxyl groups excluding tert-OH is 3. The lowest BCUT2D eigenvalue weighted by Gasteiger charge is -2.50. The van der Waals surface area contributed by atoms with Crippen molar-refractivity contribution >= 4 is 35.7 Å². The van der Waals surface area contributed by atoms with Gasteiger partial charge in [-0.15, -0.1) is 0 Å². The second-order valence-electron chi connectivity index (χ2n) is 25.3. The standard InChI is InChI=1S/C58H96FN5O19/c1-18-40-58(13,74)47(67)33(5)63(16)28-30(2)25-56(11,73)49(31(3)45(32(4)51(70)79-40)81-42-26-57(12,75-17)48(68)35(7)76-42)82-52-44(66)43(62(14)15)46(34(6)77-52)80-41(65)23-22-39(61-53(71)83-55(8,9)10)50(69)60-27-38-29-64(54(72)78-38)37-21-19-20-36(59)24-37/h19-21,24,30-35,38-40,42-49,52,66-68,73-74H,18,22-23,25-29H2,1-17H3,(H,60,69)(H,61,71)/t30-,31+,32-,33-,34-,35+,38+,39+,40-,42+,43-,44-,45+,46-,47-,48+,49-,52+,56-,57-,58-/m1/s1. The highest BCUT2D eigenvalue weighted by atomic mass is 19.1. The highest BCUT2D eigenvalue weighted by Crippen LogP contribution is 2.41. The van der Waals surface area contributed by atoms with Crippen molar-refractivity contribution in [2.75, 3.05) is 52.8 Å². The van der Waals surface area contributed by atoms with Crippen molar-refractivity contribution in [1.29, 1.82) is 0 Å². The van der Waals surface area contributed by atoms with Crippen molar-refractivity contribution in [1.82, 2.24) is 20.4 Å². The molecule has 24 nitrogen and oxygen atoms in total. The van der Waals surface area contributed by atoms with Gasteiger partial charge in [-0.3, -0.25) is 19.3 Å². The number of halogens is 1. The largest absolute Gasteiger partial charge is 0.459 e. The number of carbonyl (C=O) groups excluding carboxylic acids is 5. The predicted molar refractivity (Wildman–Crippen MR) is 299 cm³/mol. The Morgan fingerprint density at radius 2 is 1.58 bits per heavy atom. The summed E-state index contributed by atoms with van der Waals surface area (Å²) in [4.78, 5) is 72.7. The van der Waals surface area contributed by atoms with Gasteiger partial charge in [0.25, 0.3) is 0 Å². The topological polar surface area (TPSA) is 303 Å². The summed E-state index contributed by atoms with van der Waals surface area (Å²) in [6.45, 7) is 21.6. The maximum absolute atomic E-state index is 14.6. The fourth-order valence-electron chi connectivity index (χ4n) is 12.0. The Balaban J connectivity index is 1.41. The van der Waals surface area contributed by atoms with E-state index < -0.39 is 168 Å². The third kappa shape index (κ3) is 17.4. The molecule has 474 valence electrons. The maximum atomic E-state index is 14.6. The number of anilines is 1. The van der Waals surface area contributed by atoms with Crippen LogP contribution in [0.5, 0.6) is 0 Å². The van der Waals surface area contributed by atoms with Crippen molar-refractivity contribution in [3.63, 3.8) is 0 Å². The number of hydrogen-bond acceptors (Lipinski definition) is 21. The molecule has 0 saturated carbocycles. The number of alkyl carbamates (subject to hydrolysis) is 1. The molecule has 4 saturated heterocycles. The van der Waals surface area contributed by atoms with Gasteiger partial charge < -0.3 is 88.6 Å². The van der Waals surface area contributed by atoms with E-state index in [0.717, 1.165) is 0 Å². The molecule has 0 aliphatic carbocycles. The monoisotopic (exact) mass is 1190 g/mol. The van der Waals surface area contributed by atoms with Gasteiger partial charge >= 0.3 is 24.1 Å². The number of hydrogen-bond donors (Lipinski definition) is 7. The number of aliphatic hydroxyl groups is 5. The number of likely N-dealkylation sites (N-methyl/N-ethyl adjacent to an activating group) is 2. The van der Waals surface area contributed by atoms with Crippen molar-refractivity contribution in [2.24, 2.45) is 17.8 Å². The Kier molecular flexibility index (Phi) is 23.8. The van der Waals surface area contributed by atoms with Crippen LogP contribution in [-0.2, 0) is 57.0 Å². The first kappa shape index (κ1) is 69.4. The molecule has 0 spiro atoms. The van der Waals surface area contributed by atoms with Crippen molar-refractivity contribution in [2.45, 2.75) is 236 Å². The number of nitrogens with zero attached hydrogens (tertiary/aromatic N) is 3. The van der Waals surface area contributed by atoms with Crippen LogP contribution in [0.15, 0.2) is 24.3 Å². The van der Waals surface area contributed by atoms with Crippen molar-refractivity contribution < 1.29 is 96.5 Å². The zero-order chi connectivity index (χ0) is 62.4. The van der Waals surface area contributed by atoms with Gasteiger partial charge in [0.1, 0.15) is 59.7 Å². The second-order valence-corrected chi connectivity index (χ2v) is 25.3. The van der Waals surface area contributed by atoms with Gasteiger partial charge in [0, 0.05) is 38.5 Å². The Bertz CT molecular complexity index is 2350. The van der Waals surface area contributed by atoms with Gasteiger partial charge in [0.15, 0.2) is 12.6 Å². The number of benzene rings is 1. The number of cyclic esters (lactones) is 2. The van der Waals surface area contributed by atoms with Gasteiger partial charge in [-0.2, -0.15) is 0 Å². The first-order chi connectivity index (χ1) is 38.4. The smallest absolute Gasteiger partial charge is 0.414 e. The molecule has 4 aliphatic rings. The normalized spacial score (nSPS) is 38.5. The summed E-state index contributed by atoms with van der Waals surface area (Å²) in [5, 5.41) is 65.2. The molecule has 25 heteroatoms. The summed E-state index contributed by atoms with van der Waals surface area (Å²) in [5.41, 5.74) is -5.55. The van der Waals surface area contributed by atoms with Crippen LogP contribution in [0.1, 0.15) is 122 Å². The van der Waals surface area contributed by atoms with E-state index in [4.69, 9.17) is 42.6 Å². The third-order valence-electron chi connectivity index (χ3n) is 16.7. The molecule has 0 bridgehead atoms. The second kappa shape index (κ2) is 28.4. The van der Waals surface area contributed by atoms with E-state index in [1.807, 2.05) is 11.8 Å². The van der Waals surface area contributed by atoms with E-state index in [9.17, 15) is 53.9 Å². The van der Waals surface area contributed by atoms with E-state index >= 15 is 0 Å². The molecule has 3 amide bonds. The highest BCUT2D eigenvalue weighted by molar-refractivity contribution is 5.90. The lowest BCUT2D eigenvalue weighted by Crippen LogP contribution is -2.65. The molecule has 83 heavy (non-hydrogen) atoms. The molecule has 7 N–H and O–H groups in total. The minimum Gasteiger partial charge on any atom is -0.459 e. The number of carbonyl (C=O) groups is 5. The van der Waals surface area contributed by atoms with Gasteiger partial charge in [-0.1, -0.05) is 26.8 Å². The van der Waals surface area contributed by atoms with E-state index in [1.165, 1.54) is 43.2 Å². The van der Waals surface area contributed by atoms with Crippen LogP contribution >= 0.6 is 0 Å². The number of ether oxygens (including phenoxy) is 9. The van der Waals surface area contributed by atoms with Crippen LogP contribution < -0.4 is 15.5 Å². The quantitative estimate of drug-likeness (QED) is 0.0922. The first-order valence-corrected chi connectivity index (χ1v) is 28.9. The summed E-state index contributed by atoms with van der Waals surface area (Å²) < 4.78 is 69.0. The predicted octanol–water partition coefficient (Wildman–Crippen LogP) is 3.38. The number of amides is 3. The lowest BCUT2D eigenvalue weighted by atomic mass is 9.77. The SMILES string of the molecule is CC[C@H]1OC(=O)[C@H](C)[C@@H](O[C@H]2C[C@@](C)(OC)[C@@H](O)[C@H](C)O2)[C@H](C)[C@@H](O[C@@H]2O[C@H](C)[C@@H](OC(=O)CC[C@H](NC(=O)OC(C)(C)C)C(=O)NC[C@H]3CN(c4cccc(F)c4)C(=O)O3)[C@H](N(C)C)[C@H]2O)[C@](C)(O)C[C@@H](C)CN(C)[C@H](C)[C@@H](O)[C@]1(C)O. The van der Waals surface area contributed by atoms with Crippen LogP contribution in [-0.4, -0.2) is 227 Å². The lowest BCUT2D eigenvalue weighted by molar-refractivity contribution is -0.327. The molecule has 0 unspecified atom stereocenters. The average Bonchev–Trinajstić information content (AvgIpc) is 3.97. The molecule has 1 aromatic carbocycles. The Hall–Kier alpha value is -4.38. The molecule has 21 atom stereocenters. The number of rotatable bonds is 16. The molecule has 4 aliphatic heterocycles. The molecule has 5 rings (SSSR count). The fourth-order valence-corrected chi connectivity index (χ4v) is 12.0. The molecular weight excluding hydrogens is 1090 g/mol. The molecule has 0 radical (unpaired) electrons. The molecule has 4 fully saturated rings. The Labute approximate surface area is 488 Å². The van der Waals surface area contributed by atoms with E-state index in [-0.39, 0.29) is 50.4 Å². The van der Waals surface area contributed by atoms with Gasteiger partial charge in [0.2, 0.25) is 5.91 Å². The summed E-state index contributed by atoms with van der Waals surface area (Å²) in [6.07, 6.45) is -16.4. The van der Waals surface area contributed by atoms with E-state index in [2.05, 4.69) is 10.6 Å². The minimum atomic E-state index is -1.91. The fraction of sp³-hybridized carbons (Fsp3) is 0.810. The van der Waals surface area contributed by atoms with Gasteiger partial charge in [-0.05, 0) is 134 Å².